The molecule has 0 radical (unpaired) electrons. The molecule has 2 atom stereocenters. The van der Waals surface area contributed by atoms with E-state index in [1.54, 1.807) is 24.3 Å². The fourth-order valence-corrected chi connectivity index (χ4v) is 3.19. The van der Waals surface area contributed by atoms with Gasteiger partial charge in [-0.25, -0.2) is 0 Å². The van der Waals surface area contributed by atoms with E-state index in [9.17, 15) is 14.7 Å². The van der Waals surface area contributed by atoms with Gasteiger partial charge in [0.1, 0.15) is 5.76 Å². The number of nitrogens with one attached hydrogen (secondary N) is 1. The first-order valence-corrected chi connectivity index (χ1v) is 8.16. The molecule has 0 spiro atoms. The second-order valence-corrected chi connectivity index (χ2v) is 6.06. The molecule has 1 aliphatic rings. The number of ketones is 1. The zero-order valence-corrected chi connectivity index (χ0v) is 14.2. The number of rotatable bonds is 6. The predicted molar refractivity (Wildman–Crippen MR) is 95.3 cm³/mol. The summed E-state index contributed by atoms with van der Waals surface area (Å²) in [5, 5.41) is 21.6. The number of carbonyl (C=O) groups excluding carboxylic acids is 2. The summed E-state index contributed by atoms with van der Waals surface area (Å²) < 4.78 is 0. The molecule has 0 bridgehead atoms. The summed E-state index contributed by atoms with van der Waals surface area (Å²) >= 11 is 0. The van der Waals surface area contributed by atoms with Crippen LogP contribution in [0.4, 0.5) is 5.69 Å². The van der Waals surface area contributed by atoms with Gasteiger partial charge in [0.05, 0.1) is 29.8 Å². The summed E-state index contributed by atoms with van der Waals surface area (Å²) in [6.45, 7) is 4.70. The van der Waals surface area contributed by atoms with E-state index in [1.165, 1.54) is 6.92 Å². The number of benzene rings is 1. The van der Waals surface area contributed by atoms with Crippen molar-refractivity contribution >= 4 is 29.7 Å². The lowest BCUT2D eigenvalue weighted by Gasteiger charge is -2.15. The number of aliphatic imine (C=N–C) groups is 1. The largest absolute Gasteiger partial charge is 0.512 e. The van der Waals surface area contributed by atoms with E-state index in [-0.39, 0.29) is 35.5 Å². The topological polar surface area (TPSA) is 103 Å². The van der Waals surface area contributed by atoms with Crippen molar-refractivity contribution in [3.8, 4) is 6.07 Å². The fourth-order valence-electron chi connectivity index (χ4n) is 3.19. The lowest BCUT2D eigenvalue weighted by molar-refractivity contribution is -0.125. The van der Waals surface area contributed by atoms with Gasteiger partial charge < -0.3 is 10.4 Å². The zero-order chi connectivity index (χ0) is 18.4. The van der Waals surface area contributed by atoms with E-state index in [1.807, 2.05) is 0 Å². The molecule has 1 aliphatic carbocycles. The highest BCUT2D eigenvalue weighted by Gasteiger charge is 2.33. The first-order chi connectivity index (χ1) is 12.0. The van der Waals surface area contributed by atoms with Crippen LogP contribution in [0.2, 0.25) is 0 Å². The molecule has 2 rings (SSSR count). The first kappa shape index (κ1) is 18.4. The first-order valence-electron chi connectivity index (χ1n) is 8.16. The molecule has 1 aromatic carbocycles. The number of aliphatic hydroxyl groups excluding tert-OH is 1. The number of nitriles is 1. The van der Waals surface area contributed by atoms with Gasteiger partial charge in [-0.05, 0) is 32.5 Å². The van der Waals surface area contributed by atoms with Crippen molar-refractivity contribution in [2.45, 2.75) is 26.2 Å². The Morgan fingerprint density at radius 1 is 1.40 bits per heavy atom. The minimum atomic E-state index is -0.559. The SMILES string of the molecule is C=Nc1ccccc1/C(C(=O)NCC(=O)C1CCC[C@H]1C#N)=C(\C)O. The van der Waals surface area contributed by atoms with Crippen LogP contribution >= 0.6 is 0 Å². The van der Waals surface area contributed by atoms with Crippen LogP contribution in [0.3, 0.4) is 0 Å². The third kappa shape index (κ3) is 4.13. The summed E-state index contributed by atoms with van der Waals surface area (Å²) in [7, 11) is 0. The molecule has 0 aliphatic heterocycles. The number of amides is 1. The van der Waals surface area contributed by atoms with E-state index in [2.05, 4.69) is 23.1 Å². The van der Waals surface area contributed by atoms with Crippen molar-refractivity contribution in [1.29, 1.82) is 5.26 Å². The zero-order valence-electron chi connectivity index (χ0n) is 14.2. The van der Waals surface area contributed by atoms with Crippen molar-refractivity contribution in [2.24, 2.45) is 16.8 Å². The van der Waals surface area contributed by atoms with Crippen molar-refractivity contribution in [3.05, 3.63) is 35.6 Å². The number of aliphatic hydroxyl groups is 1. The summed E-state index contributed by atoms with van der Waals surface area (Å²) in [4.78, 5) is 28.7. The molecule has 6 nitrogen and oxygen atoms in total. The molecule has 0 aromatic heterocycles. The van der Waals surface area contributed by atoms with E-state index < -0.39 is 5.91 Å². The molecular weight excluding hydrogens is 318 g/mol. The second-order valence-electron chi connectivity index (χ2n) is 6.06. The average molecular weight is 339 g/mol. The standard InChI is InChI=1S/C19H21N3O3/c1-12(23)18(15-7-3-4-9-16(15)21-2)19(25)22-11-17(24)14-8-5-6-13(14)10-20/h3-4,7,9,13-14,23H,2,5-6,8,11H2,1H3,(H,22,25)/b18-12-/t13-,14?/m0/s1. The predicted octanol–water partition coefficient (Wildman–Crippen LogP) is 2.93. The summed E-state index contributed by atoms with van der Waals surface area (Å²) in [5.74, 6) is -1.48. The number of Topliss-reactive ketones (excluding diaryl/α,β-unsaturated/α-hetero) is 1. The van der Waals surface area contributed by atoms with Crippen molar-refractivity contribution < 1.29 is 14.7 Å². The molecule has 2 N–H and O–H groups in total. The van der Waals surface area contributed by atoms with Crippen LogP contribution < -0.4 is 5.32 Å². The lowest BCUT2D eigenvalue weighted by atomic mass is 9.93. The number of hydrogen-bond donors (Lipinski definition) is 2. The summed E-state index contributed by atoms with van der Waals surface area (Å²) in [6, 6.07) is 8.97. The number of allylic oxidation sites excluding steroid dienone is 1. The van der Waals surface area contributed by atoms with Gasteiger partial charge in [-0.1, -0.05) is 24.6 Å². The Morgan fingerprint density at radius 3 is 2.76 bits per heavy atom. The Bertz CT molecular complexity index is 757. The Labute approximate surface area is 146 Å². The van der Waals surface area contributed by atoms with Crippen molar-refractivity contribution in [2.75, 3.05) is 6.54 Å². The van der Waals surface area contributed by atoms with Crippen LogP contribution in [-0.2, 0) is 9.59 Å². The van der Waals surface area contributed by atoms with Crippen LogP contribution in [0.25, 0.3) is 5.57 Å². The van der Waals surface area contributed by atoms with Crippen LogP contribution in [0, 0.1) is 23.2 Å². The lowest BCUT2D eigenvalue weighted by Crippen LogP contribution is -2.34. The Morgan fingerprint density at radius 2 is 2.12 bits per heavy atom. The van der Waals surface area contributed by atoms with Gasteiger partial charge in [0.25, 0.3) is 5.91 Å². The normalized spacial score (nSPS) is 20.3. The second kappa shape index (κ2) is 8.25. The molecule has 0 heterocycles. The molecule has 1 fully saturated rings. The number of nitrogens with zero attached hydrogens (tertiary/aromatic N) is 2. The molecule has 130 valence electrons. The summed E-state index contributed by atoms with van der Waals surface area (Å²) in [5.41, 5.74) is 0.963. The smallest absolute Gasteiger partial charge is 0.255 e. The van der Waals surface area contributed by atoms with Crippen LogP contribution in [0.5, 0.6) is 0 Å². The van der Waals surface area contributed by atoms with E-state index in [0.717, 1.165) is 12.8 Å². The minimum Gasteiger partial charge on any atom is -0.512 e. The van der Waals surface area contributed by atoms with Crippen LogP contribution in [0.1, 0.15) is 31.7 Å². The fraction of sp³-hybridized carbons (Fsp3) is 0.368. The van der Waals surface area contributed by atoms with E-state index in [4.69, 9.17) is 5.26 Å². The molecule has 25 heavy (non-hydrogen) atoms. The molecule has 1 unspecified atom stereocenters. The highest BCUT2D eigenvalue weighted by molar-refractivity contribution is 6.21. The highest BCUT2D eigenvalue weighted by Crippen LogP contribution is 2.32. The minimum absolute atomic E-state index is 0.0547. The van der Waals surface area contributed by atoms with Gasteiger partial charge in [-0.15, -0.1) is 0 Å². The van der Waals surface area contributed by atoms with E-state index >= 15 is 0 Å². The van der Waals surface area contributed by atoms with Crippen molar-refractivity contribution in [3.63, 3.8) is 0 Å². The molecule has 1 saturated carbocycles. The maximum Gasteiger partial charge on any atom is 0.255 e. The van der Waals surface area contributed by atoms with Gasteiger partial charge in [0.2, 0.25) is 0 Å². The Balaban J connectivity index is 2.12. The monoisotopic (exact) mass is 339 g/mol. The maximum atomic E-state index is 12.5. The number of hydrogen-bond acceptors (Lipinski definition) is 5. The molecule has 6 heteroatoms. The molecule has 1 aromatic rings. The maximum absolute atomic E-state index is 12.5. The van der Waals surface area contributed by atoms with E-state index in [0.29, 0.717) is 17.7 Å². The molecular formula is C19H21N3O3. The quantitative estimate of drug-likeness (QED) is 0.472. The Hall–Kier alpha value is -2.94. The molecule has 0 saturated heterocycles. The van der Waals surface area contributed by atoms with Gasteiger partial charge in [-0.2, -0.15) is 5.26 Å². The van der Waals surface area contributed by atoms with Crippen molar-refractivity contribution in [1.82, 2.24) is 5.32 Å². The number of para-hydroxylation sites is 1. The average Bonchev–Trinajstić information content (AvgIpc) is 3.08. The molecule has 1 amide bonds. The Kier molecular flexibility index (Phi) is 6.07. The third-order valence-corrected chi connectivity index (χ3v) is 4.45. The van der Waals surface area contributed by atoms with Crippen LogP contribution in [0.15, 0.2) is 35.0 Å². The van der Waals surface area contributed by atoms with Gasteiger partial charge >= 0.3 is 0 Å². The van der Waals surface area contributed by atoms with Gasteiger partial charge in [0, 0.05) is 11.5 Å². The van der Waals surface area contributed by atoms with Crippen LogP contribution in [-0.4, -0.2) is 30.1 Å². The third-order valence-electron chi connectivity index (χ3n) is 4.45. The number of carbonyl (C=O) groups is 2. The summed E-state index contributed by atoms with van der Waals surface area (Å²) in [6.07, 6.45) is 2.25. The van der Waals surface area contributed by atoms with Gasteiger partial charge in [-0.3, -0.25) is 14.6 Å². The van der Waals surface area contributed by atoms with Gasteiger partial charge in [0.15, 0.2) is 5.78 Å². The highest BCUT2D eigenvalue weighted by atomic mass is 16.3.